The van der Waals surface area contributed by atoms with Crippen molar-refractivity contribution in [2.24, 2.45) is 5.92 Å². The molecule has 86 valence electrons. The highest BCUT2D eigenvalue weighted by Crippen LogP contribution is 2.27. The molecule has 0 bridgehead atoms. The molecule has 0 aliphatic heterocycles. The summed E-state index contributed by atoms with van der Waals surface area (Å²) < 4.78 is 5.19. The van der Waals surface area contributed by atoms with Crippen molar-refractivity contribution in [2.75, 3.05) is 12.3 Å². The number of benzene rings is 1. The number of esters is 1. The zero-order valence-electron chi connectivity index (χ0n) is 8.91. The molecule has 4 heteroatoms. The lowest BCUT2D eigenvalue weighted by Gasteiger charge is -2.24. The highest BCUT2D eigenvalue weighted by molar-refractivity contribution is 6.33. The fourth-order valence-electron chi connectivity index (χ4n) is 1.61. The second-order valence-corrected chi connectivity index (χ2v) is 4.54. The number of halogens is 1. The van der Waals surface area contributed by atoms with Crippen LogP contribution < -0.4 is 5.73 Å². The Kier molecular flexibility index (Phi) is 3.34. The minimum absolute atomic E-state index is 0.324. The molecule has 3 nitrogen and oxygen atoms in total. The predicted octanol–water partition coefficient (Wildman–Crippen LogP) is 2.88. The molecule has 16 heavy (non-hydrogen) atoms. The van der Waals surface area contributed by atoms with Crippen LogP contribution in [0.1, 0.15) is 29.6 Å². The van der Waals surface area contributed by atoms with Crippen LogP contribution >= 0.6 is 11.6 Å². The molecule has 1 aromatic rings. The van der Waals surface area contributed by atoms with Gasteiger partial charge in [-0.15, -0.1) is 0 Å². The van der Waals surface area contributed by atoms with E-state index in [1.54, 1.807) is 18.2 Å². The van der Waals surface area contributed by atoms with Gasteiger partial charge in [-0.3, -0.25) is 0 Å². The quantitative estimate of drug-likeness (QED) is 0.652. The van der Waals surface area contributed by atoms with Gasteiger partial charge in [0.1, 0.15) is 0 Å². The van der Waals surface area contributed by atoms with Gasteiger partial charge < -0.3 is 10.5 Å². The maximum absolute atomic E-state index is 11.6. The average Bonchev–Trinajstić information content (AvgIpc) is 2.19. The second-order valence-electron chi connectivity index (χ2n) is 4.13. The third-order valence-corrected chi connectivity index (χ3v) is 3.25. The monoisotopic (exact) mass is 239 g/mol. The molecule has 0 atom stereocenters. The van der Waals surface area contributed by atoms with Gasteiger partial charge in [0, 0.05) is 0 Å². The van der Waals surface area contributed by atoms with Gasteiger partial charge >= 0.3 is 5.97 Å². The molecule has 1 aliphatic rings. The molecule has 0 radical (unpaired) electrons. The Morgan fingerprint density at radius 3 is 2.81 bits per heavy atom. The number of nitrogen functional groups attached to an aromatic ring is 1. The number of rotatable bonds is 3. The lowest BCUT2D eigenvalue weighted by atomic mass is 9.86. The van der Waals surface area contributed by atoms with E-state index in [9.17, 15) is 4.79 Å². The fraction of sp³-hybridized carbons (Fsp3) is 0.417. The largest absolute Gasteiger partial charge is 0.462 e. The first kappa shape index (κ1) is 11.3. The summed E-state index contributed by atoms with van der Waals surface area (Å²) in [6.45, 7) is 0.515. The smallest absolute Gasteiger partial charge is 0.338 e. The molecule has 1 fully saturated rings. The van der Waals surface area contributed by atoms with Crippen LogP contribution in [0.3, 0.4) is 0 Å². The van der Waals surface area contributed by atoms with E-state index in [1.807, 2.05) is 0 Å². The van der Waals surface area contributed by atoms with Crippen LogP contribution in [-0.4, -0.2) is 12.6 Å². The molecule has 0 saturated heterocycles. The average molecular weight is 240 g/mol. The van der Waals surface area contributed by atoms with E-state index in [0.29, 0.717) is 28.8 Å². The van der Waals surface area contributed by atoms with E-state index in [1.165, 1.54) is 6.42 Å². The van der Waals surface area contributed by atoms with Gasteiger partial charge in [0.2, 0.25) is 0 Å². The molecule has 0 unspecified atom stereocenters. The van der Waals surface area contributed by atoms with Crippen molar-refractivity contribution >= 4 is 23.3 Å². The number of hydrogen-bond acceptors (Lipinski definition) is 3. The summed E-state index contributed by atoms with van der Waals surface area (Å²) in [5.74, 6) is 0.226. The minimum Gasteiger partial charge on any atom is -0.462 e. The highest BCUT2D eigenvalue weighted by atomic mass is 35.5. The topological polar surface area (TPSA) is 52.3 Å². The minimum atomic E-state index is -0.324. The van der Waals surface area contributed by atoms with Crippen molar-refractivity contribution in [3.05, 3.63) is 28.8 Å². The lowest BCUT2D eigenvalue weighted by molar-refractivity contribution is 0.0371. The third kappa shape index (κ3) is 2.47. The van der Waals surface area contributed by atoms with Gasteiger partial charge in [-0.1, -0.05) is 18.0 Å². The number of hydrogen-bond donors (Lipinski definition) is 1. The molecular formula is C12H14ClNO2. The molecule has 0 spiro atoms. The van der Waals surface area contributed by atoms with E-state index in [4.69, 9.17) is 22.1 Å². The summed E-state index contributed by atoms with van der Waals surface area (Å²) in [5.41, 5.74) is 6.47. The Bertz CT molecular complexity index is 402. The van der Waals surface area contributed by atoms with Crippen molar-refractivity contribution in [3.63, 3.8) is 0 Å². The van der Waals surface area contributed by atoms with E-state index >= 15 is 0 Å². The van der Waals surface area contributed by atoms with E-state index in [2.05, 4.69) is 0 Å². The Labute approximate surface area is 99.5 Å². The second kappa shape index (κ2) is 4.74. The molecule has 0 aromatic heterocycles. The zero-order chi connectivity index (χ0) is 11.5. The van der Waals surface area contributed by atoms with Crippen LogP contribution in [0, 0.1) is 5.92 Å². The first-order valence-corrected chi connectivity index (χ1v) is 5.77. The van der Waals surface area contributed by atoms with Crippen LogP contribution in [0.5, 0.6) is 0 Å². The van der Waals surface area contributed by atoms with Crippen LogP contribution in [0.15, 0.2) is 18.2 Å². The Hall–Kier alpha value is -1.22. The molecule has 1 aromatic carbocycles. The number of carbonyl (C=O) groups excluding carboxylic acids is 1. The molecule has 0 heterocycles. The number of ether oxygens (including phenoxy) is 1. The van der Waals surface area contributed by atoms with Crippen LogP contribution in [0.2, 0.25) is 5.02 Å². The summed E-state index contributed by atoms with van der Waals surface area (Å²) in [7, 11) is 0. The molecule has 2 N–H and O–H groups in total. The normalized spacial score (nSPS) is 15.6. The van der Waals surface area contributed by atoms with E-state index in [-0.39, 0.29) is 5.97 Å². The first-order valence-electron chi connectivity index (χ1n) is 5.39. The van der Waals surface area contributed by atoms with Crippen molar-refractivity contribution in [1.82, 2.24) is 0 Å². The molecule has 1 saturated carbocycles. The Balaban J connectivity index is 1.94. The SMILES string of the molecule is Nc1cc(C(=O)OCC2CCC2)ccc1Cl. The number of anilines is 1. The van der Waals surface area contributed by atoms with E-state index in [0.717, 1.165) is 12.8 Å². The van der Waals surface area contributed by atoms with Gasteiger partial charge in [-0.2, -0.15) is 0 Å². The standard InChI is InChI=1S/C12H14ClNO2/c13-10-5-4-9(6-11(10)14)12(15)16-7-8-2-1-3-8/h4-6,8H,1-3,7,14H2. The van der Waals surface area contributed by atoms with Crippen molar-refractivity contribution in [1.29, 1.82) is 0 Å². The highest BCUT2D eigenvalue weighted by Gasteiger charge is 2.19. The number of nitrogens with two attached hydrogens (primary N) is 1. The predicted molar refractivity (Wildman–Crippen MR) is 63.5 cm³/mol. The number of carbonyl (C=O) groups is 1. The van der Waals surface area contributed by atoms with Crippen molar-refractivity contribution in [2.45, 2.75) is 19.3 Å². The van der Waals surface area contributed by atoms with Crippen molar-refractivity contribution in [3.8, 4) is 0 Å². The lowest BCUT2D eigenvalue weighted by Crippen LogP contribution is -2.20. The van der Waals surface area contributed by atoms with Crippen LogP contribution in [0.25, 0.3) is 0 Å². The summed E-state index contributed by atoms with van der Waals surface area (Å²) in [6, 6.07) is 4.78. The summed E-state index contributed by atoms with van der Waals surface area (Å²) in [5, 5.41) is 0.454. The fourth-order valence-corrected chi connectivity index (χ4v) is 1.72. The zero-order valence-corrected chi connectivity index (χ0v) is 9.67. The van der Waals surface area contributed by atoms with Gasteiger partial charge in [-0.25, -0.2) is 4.79 Å². The van der Waals surface area contributed by atoms with Crippen LogP contribution in [-0.2, 0) is 4.74 Å². The maximum atomic E-state index is 11.6. The molecule has 2 rings (SSSR count). The summed E-state index contributed by atoms with van der Waals surface area (Å²) in [4.78, 5) is 11.6. The molecule has 0 amide bonds. The molecule has 1 aliphatic carbocycles. The first-order chi connectivity index (χ1) is 7.66. The van der Waals surface area contributed by atoms with Gasteiger partial charge in [0.05, 0.1) is 22.9 Å². The van der Waals surface area contributed by atoms with Gasteiger partial charge in [0.25, 0.3) is 0 Å². The van der Waals surface area contributed by atoms with E-state index < -0.39 is 0 Å². The Morgan fingerprint density at radius 1 is 1.50 bits per heavy atom. The summed E-state index contributed by atoms with van der Waals surface area (Å²) in [6.07, 6.45) is 3.57. The van der Waals surface area contributed by atoms with Gasteiger partial charge in [0.15, 0.2) is 0 Å². The van der Waals surface area contributed by atoms with Crippen LogP contribution in [0.4, 0.5) is 5.69 Å². The maximum Gasteiger partial charge on any atom is 0.338 e. The summed E-state index contributed by atoms with van der Waals surface area (Å²) >= 11 is 5.77. The molecular weight excluding hydrogens is 226 g/mol. The van der Waals surface area contributed by atoms with Crippen molar-refractivity contribution < 1.29 is 9.53 Å². The van der Waals surface area contributed by atoms with Gasteiger partial charge in [-0.05, 0) is 37.0 Å². The Morgan fingerprint density at radius 2 is 2.25 bits per heavy atom. The third-order valence-electron chi connectivity index (χ3n) is 2.91.